The molecule has 0 aliphatic heterocycles. The number of nitrogen functional groups attached to an aromatic ring is 1. The summed E-state index contributed by atoms with van der Waals surface area (Å²) in [6.45, 7) is 0.743. The van der Waals surface area contributed by atoms with E-state index in [4.69, 9.17) is 16.2 Å². The number of nitrogens with two attached hydrogens (primary N) is 2. The molecule has 6 N–H and O–H groups in total. The number of methoxy groups -OCH3 is 1. The second-order valence-electron chi connectivity index (χ2n) is 7.95. The molecule has 0 unspecified atom stereocenters. The lowest BCUT2D eigenvalue weighted by Crippen LogP contribution is -2.26. The normalized spacial score (nSPS) is 12.5. The molecule has 194 valence electrons. The molecule has 3 aromatic heterocycles. The van der Waals surface area contributed by atoms with Crippen LogP contribution in [0, 0.1) is 5.82 Å². The molecule has 1 atom stereocenters. The van der Waals surface area contributed by atoms with E-state index in [1.165, 1.54) is 25.6 Å². The third-order valence-corrected chi connectivity index (χ3v) is 5.67. The third kappa shape index (κ3) is 4.62. The van der Waals surface area contributed by atoms with Gasteiger partial charge in [-0.2, -0.15) is 23.4 Å². The highest BCUT2D eigenvalue weighted by Gasteiger charge is 2.40. The number of benzene rings is 1. The van der Waals surface area contributed by atoms with E-state index in [0.29, 0.717) is 15.8 Å². The Morgan fingerprint density at radius 3 is 2.62 bits per heavy atom. The van der Waals surface area contributed by atoms with Crippen molar-refractivity contribution in [1.82, 2.24) is 30.3 Å². The molecule has 2 amide bonds. The molecule has 0 spiro atoms. The molecule has 0 radical (unpaired) electrons. The highest BCUT2D eigenvalue weighted by Crippen LogP contribution is 2.37. The fourth-order valence-electron chi connectivity index (χ4n) is 3.73. The molecule has 0 saturated carbocycles. The van der Waals surface area contributed by atoms with Crippen molar-refractivity contribution in [1.29, 1.82) is 0 Å². The van der Waals surface area contributed by atoms with Crippen molar-refractivity contribution in [2.75, 3.05) is 12.8 Å². The number of hydrogen-bond donors (Lipinski definition) is 4. The fourth-order valence-corrected chi connectivity index (χ4v) is 3.73. The van der Waals surface area contributed by atoms with E-state index < -0.39 is 41.2 Å². The van der Waals surface area contributed by atoms with Gasteiger partial charge >= 0.3 is 6.18 Å². The number of aromatic amines is 1. The maximum Gasteiger partial charge on any atom is 0.410 e. The van der Waals surface area contributed by atoms with Crippen molar-refractivity contribution in [2.24, 2.45) is 5.73 Å². The zero-order valence-corrected chi connectivity index (χ0v) is 19.4. The van der Waals surface area contributed by atoms with Crippen molar-refractivity contribution in [2.45, 2.75) is 25.7 Å². The number of hydrogen-bond acceptors (Lipinski definition) is 7. The Balaban J connectivity index is 1.72. The number of ether oxygens (including phenoxy) is 1. The van der Waals surface area contributed by atoms with Gasteiger partial charge in [0.1, 0.15) is 40.4 Å². The summed E-state index contributed by atoms with van der Waals surface area (Å²) in [7, 11) is 1.34. The van der Waals surface area contributed by atoms with E-state index in [1.54, 1.807) is 0 Å². The minimum absolute atomic E-state index is 0.000694. The van der Waals surface area contributed by atoms with Crippen LogP contribution in [-0.4, -0.2) is 50.1 Å². The summed E-state index contributed by atoms with van der Waals surface area (Å²) in [5.41, 5.74) is 11.3. The summed E-state index contributed by atoms with van der Waals surface area (Å²) in [5, 5.41) is 13.5. The number of H-pyrrole nitrogens is 1. The van der Waals surface area contributed by atoms with Crippen LogP contribution < -0.4 is 21.5 Å². The number of nitrogens with zero attached hydrogens (tertiary/aromatic N) is 4. The number of nitrogens with one attached hydrogen (secondary N) is 2. The first-order valence-electron chi connectivity index (χ1n) is 10.6. The van der Waals surface area contributed by atoms with Crippen molar-refractivity contribution >= 4 is 28.5 Å². The lowest BCUT2D eigenvalue weighted by atomic mass is 10.1. The van der Waals surface area contributed by atoms with E-state index >= 15 is 0 Å². The number of primary amides is 1. The van der Waals surface area contributed by atoms with E-state index in [2.05, 4.69) is 25.6 Å². The monoisotopic (exact) mass is 520 g/mol. The van der Waals surface area contributed by atoms with Crippen LogP contribution in [0.5, 0.6) is 5.75 Å². The van der Waals surface area contributed by atoms with E-state index in [-0.39, 0.29) is 34.6 Å². The molecule has 15 heteroatoms. The van der Waals surface area contributed by atoms with Gasteiger partial charge < -0.3 is 21.5 Å². The van der Waals surface area contributed by atoms with Gasteiger partial charge in [0, 0.05) is 23.7 Å². The molecule has 37 heavy (non-hydrogen) atoms. The van der Waals surface area contributed by atoms with Gasteiger partial charge in [0.15, 0.2) is 0 Å². The first-order chi connectivity index (χ1) is 17.4. The molecule has 0 fully saturated rings. The molecule has 0 saturated heterocycles. The van der Waals surface area contributed by atoms with E-state index in [1.807, 2.05) is 0 Å². The first-order valence-corrected chi connectivity index (χ1v) is 10.6. The molecule has 0 bridgehead atoms. The second-order valence-corrected chi connectivity index (χ2v) is 7.95. The number of anilines is 1. The second kappa shape index (κ2) is 9.40. The van der Waals surface area contributed by atoms with Crippen LogP contribution in [0.4, 0.5) is 23.4 Å². The molecule has 11 nitrogen and oxygen atoms in total. The van der Waals surface area contributed by atoms with E-state index in [9.17, 15) is 27.2 Å². The molecule has 4 rings (SSSR count). The minimum atomic E-state index is -4.70. The summed E-state index contributed by atoms with van der Waals surface area (Å²) < 4.78 is 59.2. The van der Waals surface area contributed by atoms with Crippen LogP contribution in [0.25, 0.3) is 22.3 Å². The Labute approximate surface area is 205 Å². The number of carbonyl (C=O) groups excluding carboxylic acids is 2. The molecule has 3 heterocycles. The third-order valence-electron chi connectivity index (χ3n) is 5.67. The average Bonchev–Trinajstić information content (AvgIpc) is 3.46. The number of fused-ring (bicyclic) bond motifs is 1. The Hall–Kier alpha value is -4.69. The zero-order valence-electron chi connectivity index (χ0n) is 19.4. The quantitative estimate of drug-likeness (QED) is 0.272. The number of rotatable bonds is 7. The van der Waals surface area contributed by atoms with Gasteiger partial charge in [-0.05, 0) is 25.1 Å². The number of alkyl halides is 3. The number of halogens is 4. The average molecular weight is 520 g/mol. The zero-order chi connectivity index (χ0) is 27.1. The van der Waals surface area contributed by atoms with E-state index in [0.717, 1.165) is 19.1 Å². The predicted molar refractivity (Wildman–Crippen MR) is 123 cm³/mol. The smallest absolute Gasteiger partial charge is 0.410 e. The lowest BCUT2D eigenvalue weighted by molar-refractivity contribution is -0.164. The van der Waals surface area contributed by atoms with Crippen LogP contribution in [0.1, 0.15) is 39.2 Å². The highest BCUT2D eigenvalue weighted by atomic mass is 19.4. The minimum Gasteiger partial charge on any atom is -0.496 e. The van der Waals surface area contributed by atoms with Gasteiger partial charge in [0.2, 0.25) is 0 Å². The molecule has 4 aromatic rings. The van der Waals surface area contributed by atoms with Crippen LogP contribution >= 0.6 is 0 Å². The molecular formula is C22H20F4N8O3. The van der Waals surface area contributed by atoms with Crippen molar-refractivity contribution in [3.05, 3.63) is 53.1 Å². The standard InChI is InChI=1S/C22H20F4N8O3/c1-9(22(24,25)26)34-19(27)15(20(28)35)18(33-34)17-13-8-31-32-16(13)10(6-29-17)7-30-21(36)12-5-11(23)3-4-14(12)37-2/h3-6,8-9H,7,27H2,1-2H3,(H2,28,35)(H,30,36)(H,31,32)/t9-/m0/s1. The van der Waals surface area contributed by atoms with Crippen molar-refractivity contribution in [3.63, 3.8) is 0 Å². The Bertz CT molecular complexity index is 1510. The number of pyridine rings is 1. The Morgan fingerprint density at radius 2 is 1.97 bits per heavy atom. The van der Waals surface area contributed by atoms with Crippen molar-refractivity contribution in [3.8, 4) is 17.1 Å². The van der Waals surface area contributed by atoms with Gasteiger partial charge in [-0.1, -0.05) is 0 Å². The highest BCUT2D eigenvalue weighted by molar-refractivity contribution is 6.06. The van der Waals surface area contributed by atoms with Crippen LogP contribution in [-0.2, 0) is 6.54 Å². The van der Waals surface area contributed by atoms with Gasteiger partial charge in [0.05, 0.1) is 24.4 Å². The first kappa shape index (κ1) is 25.4. The molecule has 1 aromatic carbocycles. The maximum absolute atomic E-state index is 13.6. The summed E-state index contributed by atoms with van der Waals surface area (Å²) >= 11 is 0. The van der Waals surface area contributed by atoms with Gasteiger partial charge in [-0.25, -0.2) is 9.07 Å². The predicted octanol–water partition coefficient (Wildman–Crippen LogP) is 2.70. The SMILES string of the molecule is COc1ccc(F)cc1C(=O)NCc1cnc(-c2nn([C@@H](C)C(F)(F)F)c(N)c2C(N)=O)c2cn[nH]c12. The van der Waals surface area contributed by atoms with Crippen LogP contribution in [0.15, 0.2) is 30.6 Å². The number of amides is 2. The van der Waals surface area contributed by atoms with Gasteiger partial charge in [0.25, 0.3) is 11.8 Å². The molecule has 0 aliphatic rings. The van der Waals surface area contributed by atoms with Gasteiger partial charge in [-0.3, -0.25) is 19.7 Å². The summed E-state index contributed by atoms with van der Waals surface area (Å²) in [6.07, 6.45) is -2.06. The largest absolute Gasteiger partial charge is 0.496 e. The van der Waals surface area contributed by atoms with Gasteiger partial charge in [-0.15, -0.1) is 0 Å². The van der Waals surface area contributed by atoms with Crippen LogP contribution in [0.2, 0.25) is 0 Å². The topological polar surface area (TPSA) is 167 Å². The molecular weight excluding hydrogens is 500 g/mol. The van der Waals surface area contributed by atoms with Crippen LogP contribution in [0.3, 0.4) is 0 Å². The summed E-state index contributed by atoms with van der Waals surface area (Å²) in [6, 6.07) is 1.34. The Morgan fingerprint density at radius 1 is 1.24 bits per heavy atom. The van der Waals surface area contributed by atoms with Crippen molar-refractivity contribution < 1.29 is 31.9 Å². The number of aromatic nitrogens is 5. The fraction of sp³-hybridized carbons (Fsp3) is 0.227. The lowest BCUT2D eigenvalue weighted by Gasteiger charge is -2.17. The Kier molecular flexibility index (Phi) is 6.46. The summed E-state index contributed by atoms with van der Waals surface area (Å²) in [4.78, 5) is 29.0. The molecule has 0 aliphatic carbocycles. The number of carbonyl (C=O) groups is 2. The maximum atomic E-state index is 13.6. The summed E-state index contributed by atoms with van der Waals surface area (Å²) in [5.74, 6) is -2.74.